The third-order valence-electron chi connectivity index (χ3n) is 4.44. The van der Waals surface area contributed by atoms with Gasteiger partial charge in [0.15, 0.2) is 0 Å². The van der Waals surface area contributed by atoms with Gasteiger partial charge in [0.25, 0.3) is 5.91 Å². The number of hydrogen-bond donors (Lipinski definition) is 2. The number of benzene rings is 2. The topological polar surface area (TPSA) is 57.8 Å². The van der Waals surface area contributed by atoms with Gasteiger partial charge in [-0.05, 0) is 36.1 Å². The molecule has 0 saturated heterocycles. The summed E-state index contributed by atoms with van der Waals surface area (Å²) in [5, 5.41) is 10.7. The van der Waals surface area contributed by atoms with E-state index in [2.05, 4.69) is 27.6 Å². The summed E-state index contributed by atoms with van der Waals surface area (Å²) >= 11 is 6.05. The number of hydrogen-bond acceptors (Lipinski definition) is 2. The molecule has 1 aromatic heterocycles. The van der Waals surface area contributed by atoms with Gasteiger partial charge in [0.1, 0.15) is 0 Å². The largest absolute Gasteiger partial charge is 0.345 e. The zero-order valence-electron chi connectivity index (χ0n) is 12.9. The number of rotatable bonds is 3. The highest BCUT2D eigenvalue weighted by Crippen LogP contribution is 2.31. The fourth-order valence-corrected chi connectivity index (χ4v) is 3.46. The van der Waals surface area contributed by atoms with Gasteiger partial charge in [0, 0.05) is 10.6 Å². The molecule has 0 spiro atoms. The summed E-state index contributed by atoms with van der Waals surface area (Å²) in [7, 11) is 0. The number of aromatic amines is 1. The summed E-state index contributed by atoms with van der Waals surface area (Å²) in [6, 6.07) is 15.7. The van der Waals surface area contributed by atoms with Gasteiger partial charge < -0.3 is 5.32 Å². The smallest absolute Gasteiger partial charge is 0.255 e. The molecule has 1 amide bonds. The Hall–Kier alpha value is -2.59. The van der Waals surface area contributed by atoms with Crippen LogP contribution in [0.3, 0.4) is 0 Å². The Labute approximate surface area is 144 Å². The Balaban J connectivity index is 1.60. The first-order chi connectivity index (χ1) is 11.7. The van der Waals surface area contributed by atoms with E-state index >= 15 is 0 Å². The van der Waals surface area contributed by atoms with Gasteiger partial charge in [0.05, 0.1) is 23.5 Å². The second-order valence-electron chi connectivity index (χ2n) is 5.93. The Morgan fingerprint density at radius 1 is 1.21 bits per heavy atom. The number of fused-ring (bicyclic) bond motifs is 1. The van der Waals surface area contributed by atoms with E-state index in [9.17, 15) is 4.79 Å². The first-order valence-electron chi connectivity index (χ1n) is 7.90. The monoisotopic (exact) mass is 337 g/mol. The lowest BCUT2D eigenvalue weighted by molar-refractivity contribution is 0.0937. The first-order valence-corrected chi connectivity index (χ1v) is 8.28. The Morgan fingerprint density at radius 2 is 2.08 bits per heavy atom. The summed E-state index contributed by atoms with van der Waals surface area (Å²) in [6.07, 6.45) is 3.48. The number of aryl methyl sites for hydroxylation is 1. The Kier molecular flexibility index (Phi) is 3.82. The van der Waals surface area contributed by atoms with Gasteiger partial charge in [0.2, 0.25) is 0 Å². The molecule has 0 saturated carbocycles. The summed E-state index contributed by atoms with van der Waals surface area (Å²) in [4.78, 5) is 12.7. The minimum Gasteiger partial charge on any atom is -0.345 e. The number of nitrogens with zero attached hydrogens (tertiary/aromatic N) is 1. The summed E-state index contributed by atoms with van der Waals surface area (Å²) in [6.45, 7) is 0. The van der Waals surface area contributed by atoms with E-state index in [4.69, 9.17) is 11.6 Å². The number of halogens is 1. The van der Waals surface area contributed by atoms with Crippen LogP contribution >= 0.6 is 11.6 Å². The van der Waals surface area contributed by atoms with Crippen LogP contribution in [0.15, 0.2) is 54.7 Å². The van der Waals surface area contributed by atoms with Crippen molar-refractivity contribution < 1.29 is 4.79 Å². The fourth-order valence-electron chi connectivity index (χ4n) is 3.27. The molecule has 2 N–H and O–H groups in total. The van der Waals surface area contributed by atoms with Crippen molar-refractivity contribution in [1.82, 2.24) is 15.5 Å². The zero-order valence-corrected chi connectivity index (χ0v) is 13.7. The molecule has 1 atom stereocenters. The maximum atomic E-state index is 12.7. The highest BCUT2D eigenvalue weighted by molar-refractivity contribution is 6.30. The van der Waals surface area contributed by atoms with Gasteiger partial charge >= 0.3 is 0 Å². The van der Waals surface area contributed by atoms with E-state index in [0.29, 0.717) is 16.3 Å². The Bertz CT molecular complexity index is 903. The second kappa shape index (κ2) is 6.13. The fraction of sp³-hybridized carbons (Fsp3) is 0.158. The maximum absolute atomic E-state index is 12.7. The van der Waals surface area contributed by atoms with Crippen LogP contribution in [0.25, 0.3) is 11.3 Å². The normalized spacial score (nSPS) is 16.0. The molecule has 1 aliphatic rings. The summed E-state index contributed by atoms with van der Waals surface area (Å²) in [5.41, 5.74) is 4.57. The van der Waals surface area contributed by atoms with E-state index in [1.54, 1.807) is 12.3 Å². The van der Waals surface area contributed by atoms with Gasteiger partial charge in [-0.15, -0.1) is 0 Å². The second-order valence-corrected chi connectivity index (χ2v) is 6.37. The maximum Gasteiger partial charge on any atom is 0.255 e. The molecule has 0 bridgehead atoms. The Morgan fingerprint density at radius 3 is 2.96 bits per heavy atom. The van der Waals surface area contributed by atoms with E-state index in [0.717, 1.165) is 18.4 Å². The number of nitrogens with one attached hydrogen (secondary N) is 2. The molecule has 4 nitrogen and oxygen atoms in total. The van der Waals surface area contributed by atoms with Gasteiger partial charge in [-0.3, -0.25) is 9.89 Å². The molecular weight excluding hydrogens is 322 g/mol. The molecule has 120 valence electrons. The molecule has 1 aliphatic carbocycles. The average molecular weight is 338 g/mol. The van der Waals surface area contributed by atoms with Crippen LogP contribution in [0.2, 0.25) is 5.02 Å². The molecule has 0 fully saturated rings. The van der Waals surface area contributed by atoms with Crippen molar-refractivity contribution in [3.05, 3.63) is 76.4 Å². The van der Waals surface area contributed by atoms with E-state index < -0.39 is 0 Å². The van der Waals surface area contributed by atoms with Crippen molar-refractivity contribution in [2.45, 2.75) is 18.9 Å². The van der Waals surface area contributed by atoms with Crippen molar-refractivity contribution in [1.29, 1.82) is 0 Å². The molecular formula is C19H16ClN3O. The predicted molar refractivity (Wildman–Crippen MR) is 94.0 cm³/mol. The van der Waals surface area contributed by atoms with Gasteiger partial charge in [-0.25, -0.2) is 0 Å². The van der Waals surface area contributed by atoms with Crippen LogP contribution in [0, 0.1) is 0 Å². The molecule has 0 unspecified atom stereocenters. The number of aromatic nitrogens is 2. The lowest BCUT2D eigenvalue weighted by Crippen LogP contribution is -2.27. The van der Waals surface area contributed by atoms with Crippen molar-refractivity contribution in [2.75, 3.05) is 0 Å². The molecule has 3 aromatic rings. The summed E-state index contributed by atoms with van der Waals surface area (Å²) in [5.74, 6) is -0.125. The molecule has 5 heteroatoms. The van der Waals surface area contributed by atoms with Crippen molar-refractivity contribution in [2.24, 2.45) is 0 Å². The highest BCUT2D eigenvalue weighted by Gasteiger charge is 2.25. The predicted octanol–water partition coefficient (Wildman–Crippen LogP) is 4.15. The van der Waals surface area contributed by atoms with Crippen LogP contribution in [0.4, 0.5) is 0 Å². The lowest BCUT2D eigenvalue weighted by Gasteiger charge is -2.14. The van der Waals surface area contributed by atoms with Gasteiger partial charge in [-0.2, -0.15) is 5.10 Å². The minimum atomic E-state index is -0.125. The molecule has 0 radical (unpaired) electrons. The number of H-pyrrole nitrogens is 1. The van der Waals surface area contributed by atoms with Crippen LogP contribution < -0.4 is 5.32 Å². The van der Waals surface area contributed by atoms with Crippen LogP contribution in [-0.4, -0.2) is 16.1 Å². The van der Waals surface area contributed by atoms with Crippen LogP contribution in [-0.2, 0) is 6.42 Å². The average Bonchev–Trinajstić information content (AvgIpc) is 3.22. The van der Waals surface area contributed by atoms with Crippen molar-refractivity contribution in [3.63, 3.8) is 0 Å². The van der Waals surface area contributed by atoms with Crippen LogP contribution in [0.1, 0.15) is 33.9 Å². The standard InChI is InChI=1S/C19H16ClN3O/c20-14-6-3-5-13(10-14)18-16(11-21-23-18)19(24)22-17-9-8-12-4-1-2-7-15(12)17/h1-7,10-11,17H,8-9H2,(H,21,23)(H,22,24)/t17-/m0/s1. The van der Waals surface area contributed by atoms with Crippen molar-refractivity contribution in [3.8, 4) is 11.3 Å². The lowest BCUT2D eigenvalue weighted by atomic mass is 10.1. The third-order valence-corrected chi connectivity index (χ3v) is 4.67. The number of amides is 1. The summed E-state index contributed by atoms with van der Waals surface area (Å²) < 4.78 is 0. The van der Waals surface area contributed by atoms with E-state index in [-0.39, 0.29) is 11.9 Å². The third kappa shape index (κ3) is 2.69. The van der Waals surface area contributed by atoms with E-state index in [1.807, 2.05) is 30.3 Å². The molecule has 2 aromatic carbocycles. The number of carbonyl (C=O) groups is 1. The molecule has 4 rings (SSSR count). The van der Waals surface area contributed by atoms with Gasteiger partial charge in [-0.1, -0.05) is 48.0 Å². The van der Waals surface area contributed by atoms with Crippen molar-refractivity contribution >= 4 is 17.5 Å². The molecule has 0 aliphatic heterocycles. The van der Waals surface area contributed by atoms with Crippen LogP contribution in [0.5, 0.6) is 0 Å². The highest BCUT2D eigenvalue weighted by atomic mass is 35.5. The minimum absolute atomic E-state index is 0.0517. The SMILES string of the molecule is O=C(N[C@H]1CCc2ccccc21)c1cn[nH]c1-c1cccc(Cl)c1. The quantitative estimate of drug-likeness (QED) is 0.754. The van der Waals surface area contributed by atoms with E-state index in [1.165, 1.54) is 11.1 Å². The molecule has 24 heavy (non-hydrogen) atoms. The zero-order chi connectivity index (χ0) is 16.5. The first kappa shape index (κ1) is 15.0. The number of carbonyl (C=O) groups excluding carboxylic acids is 1. The molecule has 1 heterocycles.